The second-order valence-electron chi connectivity index (χ2n) is 7.88. The molecule has 1 aromatic heterocycles. The molecule has 4 rings (SSSR count). The predicted molar refractivity (Wildman–Crippen MR) is 122 cm³/mol. The number of carbonyl (C=O) groups excluding carboxylic acids is 1. The Balaban J connectivity index is 1.36. The minimum Gasteiger partial charge on any atom is -0.355 e. The molecule has 1 amide bonds. The van der Waals surface area contributed by atoms with Crippen molar-refractivity contribution in [1.82, 2.24) is 10.2 Å². The smallest absolute Gasteiger partial charge is 0.228 e. The maximum Gasteiger partial charge on any atom is 0.228 e. The zero-order valence-corrected chi connectivity index (χ0v) is 17.8. The molecule has 0 bridgehead atoms. The Bertz CT molecular complexity index is 979. The van der Waals surface area contributed by atoms with Crippen molar-refractivity contribution in [3.05, 3.63) is 71.2 Å². The molecule has 0 aliphatic carbocycles. The number of rotatable bonds is 5. The van der Waals surface area contributed by atoms with E-state index in [1.165, 1.54) is 12.8 Å². The number of hydrogen-bond acceptors (Lipinski definition) is 4. The SMILES string of the molecule is CC1CCN(c2ccc(-c3ccc(NC(=O)Cc4ccc(Cl)cc4)cc3)nn2)CC1. The number of benzene rings is 2. The fourth-order valence-electron chi connectivity index (χ4n) is 3.60. The second-order valence-corrected chi connectivity index (χ2v) is 8.31. The maximum absolute atomic E-state index is 12.3. The van der Waals surface area contributed by atoms with Gasteiger partial charge in [0.25, 0.3) is 0 Å². The Morgan fingerprint density at radius 1 is 1.00 bits per heavy atom. The summed E-state index contributed by atoms with van der Waals surface area (Å²) in [5.74, 6) is 1.67. The first-order chi connectivity index (χ1) is 14.6. The molecular weight excluding hydrogens is 396 g/mol. The molecule has 0 spiro atoms. The molecule has 0 radical (unpaired) electrons. The second kappa shape index (κ2) is 9.26. The lowest BCUT2D eigenvalue weighted by atomic mass is 9.99. The summed E-state index contributed by atoms with van der Waals surface area (Å²) in [6.45, 7) is 4.38. The van der Waals surface area contributed by atoms with E-state index in [4.69, 9.17) is 11.6 Å². The Morgan fingerprint density at radius 3 is 2.33 bits per heavy atom. The summed E-state index contributed by atoms with van der Waals surface area (Å²) in [5, 5.41) is 12.4. The fourth-order valence-corrected chi connectivity index (χ4v) is 3.73. The number of carbonyl (C=O) groups is 1. The number of piperidine rings is 1. The number of anilines is 2. The van der Waals surface area contributed by atoms with Crippen molar-refractivity contribution in [2.24, 2.45) is 5.92 Å². The number of amides is 1. The molecule has 1 aliphatic heterocycles. The highest BCUT2D eigenvalue weighted by Gasteiger charge is 2.17. The van der Waals surface area contributed by atoms with Crippen LogP contribution >= 0.6 is 11.6 Å². The average Bonchev–Trinajstić information content (AvgIpc) is 2.77. The number of hydrogen-bond donors (Lipinski definition) is 1. The third-order valence-electron chi connectivity index (χ3n) is 5.50. The summed E-state index contributed by atoms with van der Waals surface area (Å²) < 4.78 is 0. The first-order valence-electron chi connectivity index (χ1n) is 10.3. The van der Waals surface area contributed by atoms with Crippen LogP contribution in [0.25, 0.3) is 11.3 Å². The number of halogens is 1. The monoisotopic (exact) mass is 420 g/mol. The molecule has 2 heterocycles. The van der Waals surface area contributed by atoms with E-state index >= 15 is 0 Å². The minimum atomic E-state index is -0.0648. The van der Waals surface area contributed by atoms with Gasteiger partial charge in [-0.05, 0) is 60.7 Å². The normalized spacial score (nSPS) is 14.5. The Labute approximate surface area is 182 Å². The van der Waals surface area contributed by atoms with E-state index in [-0.39, 0.29) is 5.91 Å². The molecule has 1 fully saturated rings. The van der Waals surface area contributed by atoms with E-state index in [1.54, 1.807) is 12.1 Å². The predicted octanol–water partition coefficient (Wildman–Crippen LogP) is 5.21. The summed E-state index contributed by atoms with van der Waals surface area (Å²) in [5.41, 5.74) is 3.47. The zero-order chi connectivity index (χ0) is 20.9. The fraction of sp³-hybridized carbons (Fsp3) is 0.292. The van der Waals surface area contributed by atoms with Crippen LogP contribution in [-0.2, 0) is 11.2 Å². The van der Waals surface area contributed by atoms with Crippen molar-refractivity contribution >= 4 is 29.0 Å². The van der Waals surface area contributed by atoms with Crippen molar-refractivity contribution in [3.8, 4) is 11.3 Å². The molecule has 0 saturated carbocycles. The Morgan fingerprint density at radius 2 is 1.70 bits per heavy atom. The van der Waals surface area contributed by atoms with Crippen LogP contribution in [0.5, 0.6) is 0 Å². The lowest BCUT2D eigenvalue weighted by molar-refractivity contribution is -0.115. The first kappa shape index (κ1) is 20.4. The molecule has 154 valence electrons. The zero-order valence-electron chi connectivity index (χ0n) is 17.0. The number of nitrogens with zero attached hydrogens (tertiary/aromatic N) is 3. The van der Waals surface area contributed by atoms with Gasteiger partial charge in [0.2, 0.25) is 5.91 Å². The Hall–Kier alpha value is -2.92. The summed E-state index contributed by atoms with van der Waals surface area (Å²) in [6, 6.07) is 19.0. The van der Waals surface area contributed by atoms with Crippen LogP contribution in [0.3, 0.4) is 0 Å². The van der Waals surface area contributed by atoms with Crippen LogP contribution in [0.2, 0.25) is 5.02 Å². The van der Waals surface area contributed by atoms with Crippen molar-refractivity contribution in [3.63, 3.8) is 0 Å². The highest BCUT2D eigenvalue weighted by molar-refractivity contribution is 6.30. The van der Waals surface area contributed by atoms with Crippen molar-refractivity contribution in [1.29, 1.82) is 0 Å². The number of aromatic nitrogens is 2. The van der Waals surface area contributed by atoms with E-state index in [0.29, 0.717) is 11.4 Å². The molecule has 0 unspecified atom stereocenters. The molecule has 3 aromatic rings. The molecule has 1 aliphatic rings. The van der Waals surface area contributed by atoms with Gasteiger partial charge in [-0.1, -0.05) is 42.8 Å². The van der Waals surface area contributed by atoms with Crippen LogP contribution in [0, 0.1) is 5.92 Å². The van der Waals surface area contributed by atoms with E-state index in [1.807, 2.05) is 48.5 Å². The summed E-state index contributed by atoms with van der Waals surface area (Å²) in [4.78, 5) is 14.6. The summed E-state index contributed by atoms with van der Waals surface area (Å²) in [6.07, 6.45) is 2.71. The molecule has 30 heavy (non-hydrogen) atoms. The van der Waals surface area contributed by atoms with Crippen LogP contribution in [0.15, 0.2) is 60.7 Å². The third kappa shape index (κ3) is 5.16. The first-order valence-corrected chi connectivity index (χ1v) is 10.7. The van der Waals surface area contributed by atoms with Gasteiger partial charge < -0.3 is 10.2 Å². The van der Waals surface area contributed by atoms with Gasteiger partial charge in [0, 0.05) is 29.4 Å². The Kier molecular flexibility index (Phi) is 6.29. The molecule has 2 aromatic carbocycles. The molecule has 5 nitrogen and oxygen atoms in total. The number of nitrogens with one attached hydrogen (secondary N) is 1. The lowest BCUT2D eigenvalue weighted by Crippen LogP contribution is -2.33. The van der Waals surface area contributed by atoms with E-state index < -0.39 is 0 Å². The highest BCUT2D eigenvalue weighted by atomic mass is 35.5. The van der Waals surface area contributed by atoms with Crippen LogP contribution < -0.4 is 10.2 Å². The van der Waals surface area contributed by atoms with Gasteiger partial charge in [0.05, 0.1) is 12.1 Å². The van der Waals surface area contributed by atoms with Gasteiger partial charge in [-0.3, -0.25) is 4.79 Å². The molecule has 1 saturated heterocycles. The maximum atomic E-state index is 12.3. The molecule has 0 atom stereocenters. The van der Waals surface area contributed by atoms with Gasteiger partial charge in [-0.25, -0.2) is 0 Å². The van der Waals surface area contributed by atoms with Gasteiger partial charge >= 0.3 is 0 Å². The van der Waals surface area contributed by atoms with E-state index in [0.717, 1.165) is 47.3 Å². The van der Waals surface area contributed by atoms with Gasteiger partial charge in [0.15, 0.2) is 5.82 Å². The topological polar surface area (TPSA) is 58.1 Å². The quantitative estimate of drug-likeness (QED) is 0.615. The van der Waals surface area contributed by atoms with E-state index in [2.05, 4.69) is 27.3 Å². The van der Waals surface area contributed by atoms with Crippen molar-refractivity contribution < 1.29 is 4.79 Å². The lowest BCUT2D eigenvalue weighted by Gasteiger charge is -2.30. The van der Waals surface area contributed by atoms with Crippen LogP contribution in [-0.4, -0.2) is 29.2 Å². The largest absolute Gasteiger partial charge is 0.355 e. The molecule has 1 N–H and O–H groups in total. The minimum absolute atomic E-state index is 0.0648. The van der Waals surface area contributed by atoms with Crippen LogP contribution in [0.1, 0.15) is 25.3 Å². The summed E-state index contributed by atoms with van der Waals surface area (Å²) in [7, 11) is 0. The van der Waals surface area contributed by atoms with Crippen molar-refractivity contribution in [2.75, 3.05) is 23.3 Å². The van der Waals surface area contributed by atoms with Gasteiger partial charge in [-0.2, -0.15) is 0 Å². The van der Waals surface area contributed by atoms with Gasteiger partial charge in [-0.15, -0.1) is 10.2 Å². The molecular formula is C24H25ClN4O. The van der Waals surface area contributed by atoms with Crippen LogP contribution in [0.4, 0.5) is 11.5 Å². The highest BCUT2D eigenvalue weighted by Crippen LogP contribution is 2.24. The average molecular weight is 421 g/mol. The van der Waals surface area contributed by atoms with E-state index in [9.17, 15) is 4.79 Å². The van der Waals surface area contributed by atoms with Crippen molar-refractivity contribution in [2.45, 2.75) is 26.2 Å². The molecule has 6 heteroatoms. The third-order valence-corrected chi connectivity index (χ3v) is 5.75. The van der Waals surface area contributed by atoms with Gasteiger partial charge in [0.1, 0.15) is 0 Å². The standard InChI is InChI=1S/C24H25ClN4O/c1-17-12-14-29(15-13-17)23-11-10-22(27-28-23)19-4-8-21(9-5-19)26-24(30)16-18-2-6-20(25)7-3-18/h2-11,17H,12-16H2,1H3,(H,26,30). The summed E-state index contributed by atoms with van der Waals surface area (Å²) >= 11 is 5.88.